The molecule has 172 valence electrons. The molecule has 2 aromatic carbocycles. The van der Waals surface area contributed by atoms with Crippen LogP contribution in [0.25, 0.3) is 0 Å². The molecule has 1 heterocycles. The van der Waals surface area contributed by atoms with E-state index in [1.165, 1.54) is 0 Å². The predicted octanol–water partition coefficient (Wildman–Crippen LogP) is 3.85. The van der Waals surface area contributed by atoms with E-state index in [9.17, 15) is 9.59 Å². The summed E-state index contributed by atoms with van der Waals surface area (Å²) in [5.74, 6) is 0.750. The molecule has 0 aliphatic carbocycles. The van der Waals surface area contributed by atoms with Crippen LogP contribution in [0.1, 0.15) is 54.6 Å². The first-order valence-electron chi connectivity index (χ1n) is 11.7. The molecule has 6 nitrogen and oxygen atoms in total. The summed E-state index contributed by atoms with van der Waals surface area (Å²) < 4.78 is 6.16. The van der Waals surface area contributed by atoms with Gasteiger partial charge in [-0.2, -0.15) is 0 Å². The van der Waals surface area contributed by atoms with Gasteiger partial charge in [0, 0.05) is 43.9 Å². The van der Waals surface area contributed by atoms with Gasteiger partial charge in [0.15, 0.2) is 0 Å². The number of hydrogen-bond acceptors (Lipinski definition) is 4. The van der Waals surface area contributed by atoms with Crippen LogP contribution in [0.3, 0.4) is 0 Å². The first kappa shape index (κ1) is 23.8. The molecule has 0 aromatic heterocycles. The van der Waals surface area contributed by atoms with E-state index < -0.39 is 0 Å². The fourth-order valence-electron chi connectivity index (χ4n) is 4.05. The second kappa shape index (κ2) is 12.2. The first-order chi connectivity index (χ1) is 15.6. The van der Waals surface area contributed by atoms with Gasteiger partial charge in [0.2, 0.25) is 5.91 Å². The minimum absolute atomic E-state index is 0.00359. The summed E-state index contributed by atoms with van der Waals surface area (Å²) in [7, 11) is 0. The largest absolute Gasteiger partial charge is 0.493 e. The molecule has 6 heteroatoms. The lowest BCUT2D eigenvalue weighted by Crippen LogP contribution is -2.38. The van der Waals surface area contributed by atoms with Crippen LogP contribution in [0.15, 0.2) is 48.5 Å². The van der Waals surface area contributed by atoms with E-state index in [1.807, 2.05) is 55.1 Å². The fraction of sp³-hybridized carbons (Fsp3) is 0.462. The minimum Gasteiger partial charge on any atom is -0.493 e. The third-order valence-electron chi connectivity index (χ3n) is 5.81. The number of nitrogens with one attached hydrogen (secondary N) is 1. The Kier molecular flexibility index (Phi) is 9.11. The molecule has 1 aliphatic heterocycles. The maximum absolute atomic E-state index is 13.3. The Bertz CT molecular complexity index is 881. The van der Waals surface area contributed by atoms with E-state index >= 15 is 0 Å². The van der Waals surface area contributed by atoms with Gasteiger partial charge in [-0.05, 0) is 50.8 Å². The summed E-state index contributed by atoms with van der Waals surface area (Å²) in [5, 5.41) is 3.04. The highest BCUT2D eigenvalue weighted by Crippen LogP contribution is 2.27. The van der Waals surface area contributed by atoms with Gasteiger partial charge in [0.05, 0.1) is 13.2 Å². The lowest BCUT2D eigenvalue weighted by Gasteiger charge is -2.26. The molecule has 0 unspecified atom stereocenters. The molecule has 0 fully saturated rings. The standard InChI is InChI=1S/C26H35N3O3/c1-3-29(4-2)26(31)22-14-11-15-24-23(22)19-28(18-21-12-7-5-8-13-21)20-25(30)27-16-9-6-10-17-32-24/h5,7-8,11-15H,3-4,6,9-10,16-20H2,1-2H3,(H,27,30). The summed E-state index contributed by atoms with van der Waals surface area (Å²) in [6, 6.07) is 15.8. The third-order valence-corrected chi connectivity index (χ3v) is 5.81. The van der Waals surface area contributed by atoms with Crippen molar-refractivity contribution in [1.29, 1.82) is 0 Å². The van der Waals surface area contributed by atoms with E-state index in [2.05, 4.69) is 22.3 Å². The number of amides is 2. The lowest BCUT2D eigenvalue weighted by molar-refractivity contribution is -0.122. The van der Waals surface area contributed by atoms with Crippen LogP contribution in [0.2, 0.25) is 0 Å². The minimum atomic E-state index is 0.00359. The van der Waals surface area contributed by atoms with Crippen LogP contribution in [-0.2, 0) is 17.9 Å². The number of benzene rings is 2. The summed E-state index contributed by atoms with van der Waals surface area (Å²) in [4.78, 5) is 29.9. The Hall–Kier alpha value is -2.86. The Morgan fingerprint density at radius 3 is 2.53 bits per heavy atom. The van der Waals surface area contributed by atoms with Crippen molar-refractivity contribution in [3.63, 3.8) is 0 Å². The number of fused-ring (bicyclic) bond motifs is 1. The van der Waals surface area contributed by atoms with Crippen LogP contribution >= 0.6 is 0 Å². The van der Waals surface area contributed by atoms with Crippen LogP contribution in [0, 0.1) is 0 Å². The number of carbonyl (C=O) groups excluding carboxylic acids is 2. The van der Waals surface area contributed by atoms with Gasteiger partial charge in [-0.15, -0.1) is 0 Å². The van der Waals surface area contributed by atoms with Crippen molar-refractivity contribution in [2.75, 3.05) is 32.8 Å². The highest BCUT2D eigenvalue weighted by Gasteiger charge is 2.23. The quantitative estimate of drug-likeness (QED) is 0.772. The Morgan fingerprint density at radius 1 is 1.00 bits per heavy atom. The predicted molar refractivity (Wildman–Crippen MR) is 127 cm³/mol. The van der Waals surface area contributed by atoms with Crippen molar-refractivity contribution in [3.8, 4) is 5.75 Å². The summed E-state index contributed by atoms with van der Waals surface area (Å²) in [6.07, 6.45) is 2.83. The molecule has 1 N–H and O–H groups in total. The van der Waals surface area contributed by atoms with Gasteiger partial charge >= 0.3 is 0 Å². The van der Waals surface area contributed by atoms with Crippen LogP contribution in [0.4, 0.5) is 0 Å². The maximum Gasteiger partial charge on any atom is 0.254 e. The number of nitrogens with zero attached hydrogens (tertiary/aromatic N) is 2. The van der Waals surface area contributed by atoms with Gasteiger partial charge in [0.25, 0.3) is 5.91 Å². The van der Waals surface area contributed by atoms with Gasteiger partial charge in [-0.3, -0.25) is 14.5 Å². The summed E-state index contributed by atoms with van der Waals surface area (Å²) >= 11 is 0. The second-order valence-electron chi connectivity index (χ2n) is 8.15. The molecular formula is C26H35N3O3. The van der Waals surface area contributed by atoms with Gasteiger partial charge in [-0.1, -0.05) is 36.4 Å². The molecule has 0 bridgehead atoms. The van der Waals surface area contributed by atoms with Gasteiger partial charge < -0.3 is 15.0 Å². The Labute approximate surface area is 191 Å². The highest BCUT2D eigenvalue weighted by molar-refractivity contribution is 5.96. The zero-order valence-electron chi connectivity index (χ0n) is 19.3. The van der Waals surface area contributed by atoms with Crippen LogP contribution in [-0.4, -0.2) is 54.4 Å². The van der Waals surface area contributed by atoms with Gasteiger partial charge in [0.1, 0.15) is 5.75 Å². The zero-order chi connectivity index (χ0) is 22.8. The zero-order valence-corrected chi connectivity index (χ0v) is 19.3. The van der Waals surface area contributed by atoms with E-state index in [-0.39, 0.29) is 18.4 Å². The van der Waals surface area contributed by atoms with Gasteiger partial charge in [-0.25, -0.2) is 0 Å². The molecule has 3 rings (SSSR count). The number of carbonyl (C=O) groups is 2. The van der Waals surface area contributed by atoms with Crippen molar-refractivity contribution in [2.45, 2.75) is 46.2 Å². The molecule has 0 saturated carbocycles. The van der Waals surface area contributed by atoms with Crippen molar-refractivity contribution in [2.24, 2.45) is 0 Å². The topological polar surface area (TPSA) is 61.9 Å². The van der Waals surface area contributed by atoms with Crippen molar-refractivity contribution in [1.82, 2.24) is 15.1 Å². The Balaban J connectivity index is 1.98. The van der Waals surface area contributed by atoms with E-state index in [0.29, 0.717) is 44.9 Å². The smallest absolute Gasteiger partial charge is 0.254 e. The van der Waals surface area contributed by atoms with Crippen molar-refractivity contribution >= 4 is 11.8 Å². The molecule has 1 aliphatic rings. The average Bonchev–Trinajstić information content (AvgIpc) is 2.81. The fourth-order valence-corrected chi connectivity index (χ4v) is 4.05. The molecule has 0 atom stereocenters. The van der Waals surface area contributed by atoms with E-state index in [4.69, 9.17) is 4.74 Å². The van der Waals surface area contributed by atoms with Crippen molar-refractivity contribution in [3.05, 3.63) is 65.2 Å². The molecule has 0 radical (unpaired) electrons. The monoisotopic (exact) mass is 437 g/mol. The number of rotatable bonds is 5. The SMILES string of the molecule is CCN(CC)C(=O)c1cccc2c1CN(Cc1ccccc1)CC(=O)NCCCCCO2. The normalized spacial score (nSPS) is 15.9. The molecule has 2 amide bonds. The molecule has 0 spiro atoms. The maximum atomic E-state index is 13.3. The van der Waals surface area contributed by atoms with Crippen LogP contribution in [0.5, 0.6) is 5.75 Å². The summed E-state index contributed by atoms with van der Waals surface area (Å²) in [6.45, 7) is 7.89. The first-order valence-corrected chi connectivity index (χ1v) is 11.7. The summed E-state index contributed by atoms with van der Waals surface area (Å²) in [5.41, 5.74) is 2.63. The van der Waals surface area contributed by atoms with E-state index in [1.54, 1.807) is 0 Å². The van der Waals surface area contributed by atoms with E-state index in [0.717, 1.165) is 36.1 Å². The second-order valence-corrected chi connectivity index (χ2v) is 8.15. The van der Waals surface area contributed by atoms with Crippen molar-refractivity contribution < 1.29 is 14.3 Å². The molecule has 0 saturated heterocycles. The third kappa shape index (κ3) is 6.57. The van der Waals surface area contributed by atoms with Crippen LogP contribution < -0.4 is 10.1 Å². The molecule has 2 aromatic rings. The molecular weight excluding hydrogens is 402 g/mol. The average molecular weight is 438 g/mol. The highest BCUT2D eigenvalue weighted by atomic mass is 16.5. The number of hydrogen-bond donors (Lipinski definition) is 1. The Morgan fingerprint density at radius 2 is 1.78 bits per heavy atom. The lowest BCUT2D eigenvalue weighted by atomic mass is 10.0. The number of ether oxygens (including phenoxy) is 1. The molecule has 32 heavy (non-hydrogen) atoms.